The molecule has 0 bridgehead atoms. The largest absolute Gasteiger partial charge is 0.378 e. The van der Waals surface area contributed by atoms with Crippen LogP contribution in [0.15, 0.2) is 0 Å². The van der Waals surface area contributed by atoms with E-state index < -0.39 is 0 Å². The summed E-state index contributed by atoms with van der Waals surface area (Å²) in [4.78, 5) is 2.43. The average Bonchev–Trinajstić information content (AvgIpc) is 2.52. The van der Waals surface area contributed by atoms with Gasteiger partial charge in [0.25, 0.3) is 0 Å². The molecule has 2 rings (SSSR count). The van der Waals surface area contributed by atoms with E-state index in [0.29, 0.717) is 11.5 Å². The van der Waals surface area contributed by atoms with Gasteiger partial charge < -0.3 is 9.64 Å². The maximum atomic E-state index is 5.69. The molecule has 1 saturated heterocycles. The van der Waals surface area contributed by atoms with Gasteiger partial charge in [-0.2, -0.15) is 0 Å². The number of ether oxygens (including phenoxy) is 1. The molecule has 0 spiro atoms. The molecule has 2 atom stereocenters. The van der Waals surface area contributed by atoms with E-state index in [4.69, 9.17) is 4.74 Å². The van der Waals surface area contributed by atoms with Gasteiger partial charge in [0.05, 0.1) is 12.7 Å². The van der Waals surface area contributed by atoms with E-state index in [2.05, 4.69) is 25.8 Å². The third kappa shape index (κ3) is 1.38. The summed E-state index contributed by atoms with van der Waals surface area (Å²) < 4.78 is 5.69. The Morgan fingerprint density at radius 3 is 2.83 bits per heavy atom. The van der Waals surface area contributed by atoms with Crippen LogP contribution in [0.25, 0.3) is 0 Å². The molecule has 12 heavy (non-hydrogen) atoms. The smallest absolute Gasteiger partial charge is 0.0541 e. The fourth-order valence-electron chi connectivity index (χ4n) is 2.42. The predicted octanol–water partition coefficient (Wildman–Crippen LogP) is 1.36. The minimum atomic E-state index is 0.395. The highest BCUT2D eigenvalue weighted by atomic mass is 16.5. The van der Waals surface area contributed by atoms with Gasteiger partial charge in [0.15, 0.2) is 0 Å². The van der Waals surface area contributed by atoms with Crippen molar-refractivity contribution < 1.29 is 4.74 Å². The molecule has 0 N–H and O–H groups in total. The Morgan fingerprint density at radius 2 is 2.33 bits per heavy atom. The van der Waals surface area contributed by atoms with Gasteiger partial charge >= 0.3 is 0 Å². The Balaban J connectivity index is 1.82. The van der Waals surface area contributed by atoms with Crippen molar-refractivity contribution in [3.05, 3.63) is 0 Å². The molecule has 0 radical (unpaired) electrons. The topological polar surface area (TPSA) is 12.5 Å². The molecule has 0 amide bonds. The van der Waals surface area contributed by atoms with E-state index in [1.54, 1.807) is 0 Å². The second-order valence-electron chi connectivity index (χ2n) is 4.82. The molecule has 2 aliphatic rings. The quantitative estimate of drug-likeness (QED) is 0.632. The maximum Gasteiger partial charge on any atom is 0.0541 e. The predicted molar refractivity (Wildman–Crippen MR) is 49.1 cm³/mol. The van der Waals surface area contributed by atoms with Crippen LogP contribution in [-0.2, 0) is 4.74 Å². The minimum Gasteiger partial charge on any atom is -0.378 e. The zero-order valence-electron chi connectivity index (χ0n) is 8.34. The molecule has 70 valence electrons. The van der Waals surface area contributed by atoms with Crippen molar-refractivity contribution in [2.24, 2.45) is 11.3 Å². The van der Waals surface area contributed by atoms with Crippen molar-refractivity contribution in [1.29, 1.82) is 0 Å². The van der Waals surface area contributed by atoms with Gasteiger partial charge in [-0.15, -0.1) is 0 Å². The highest BCUT2D eigenvalue weighted by Gasteiger charge is 2.59. The standard InChI is InChI=1S/C10H19NO/c1-8(2)12-7-10-4-9(10)5-11(3)6-10/h8-9H,4-7H2,1-3H3. The van der Waals surface area contributed by atoms with E-state index in [9.17, 15) is 0 Å². The summed E-state index contributed by atoms with van der Waals surface area (Å²) in [5, 5.41) is 0. The molecular formula is C10H19NO. The summed E-state index contributed by atoms with van der Waals surface area (Å²) in [5.41, 5.74) is 0.568. The fourth-order valence-corrected chi connectivity index (χ4v) is 2.42. The lowest BCUT2D eigenvalue weighted by atomic mass is 10.1. The first-order chi connectivity index (χ1) is 5.62. The molecule has 2 unspecified atom stereocenters. The molecule has 1 aliphatic heterocycles. The van der Waals surface area contributed by atoms with Gasteiger partial charge in [0, 0.05) is 18.5 Å². The minimum absolute atomic E-state index is 0.395. The van der Waals surface area contributed by atoms with Crippen LogP contribution in [0, 0.1) is 11.3 Å². The number of hydrogen-bond acceptors (Lipinski definition) is 2. The van der Waals surface area contributed by atoms with E-state index in [1.807, 2.05) is 0 Å². The molecule has 1 saturated carbocycles. The second kappa shape index (κ2) is 2.71. The Hall–Kier alpha value is -0.0800. The summed E-state index contributed by atoms with van der Waals surface area (Å²) >= 11 is 0. The number of piperidine rings is 1. The van der Waals surface area contributed by atoms with E-state index >= 15 is 0 Å². The molecule has 0 aromatic carbocycles. The van der Waals surface area contributed by atoms with Crippen LogP contribution in [0.2, 0.25) is 0 Å². The molecule has 1 aliphatic carbocycles. The van der Waals surface area contributed by atoms with Gasteiger partial charge in [-0.25, -0.2) is 0 Å². The normalized spacial score (nSPS) is 40.5. The summed E-state index contributed by atoms with van der Waals surface area (Å²) in [6.07, 6.45) is 1.80. The molecule has 1 heterocycles. The lowest BCUT2D eigenvalue weighted by Gasteiger charge is -2.17. The maximum absolute atomic E-state index is 5.69. The Morgan fingerprint density at radius 1 is 1.58 bits per heavy atom. The molecule has 2 nitrogen and oxygen atoms in total. The van der Waals surface area contributed by atoms with Crippen LogP contribution in [0.3, 0.4) is 0 Å². The van der Waals surface area contributed by atoms with Crippen molar-refractivity contribution in [2.45, 2.75) is 26.4 Å². The van der Waals surface area contributed by atoms with Gasteiger partial charge in [-0.3, -0.25) is 0 Å². The van der Waals surface area contributed by atoms with E-state index in [1.165, 1.54) is 19.5 Å². The van der Waals surface area contributed by atoms with Crippen LogP contribution in [0.5, 0.6) is 0 Å². The lowest BCUT2D eigenvalue weighted by Crippen LogP contribution is -2.24. The number of rotatable bonds is 3. The molecule has 0 aromatic heterocycles. The lowest BCUT2D eigenvalue weighted by molar-refractivity contribution is 0.0409. The zero-order chi connectivity index (χ0) is 8.77. The monoisotopic (exact) mass is 169 g/mol. The Labute approximate surface area is 74.9 Å². The van der Waals surface area contributed by atoms with Gasteiger partial charge in [-0.05, 0) is 33.2 Å². The molecule has 2 heteroatoms. The molecule has 0 aromatic rings. The van der Waals surface area contributed by atoms with E-state index in [-0.39, 0.29) is 0 Å². The second-order valence-corrected chi connectivity index (χ2v) is 4.82. The summed E-state index contributed by atoms with van der Waals surface area (Å²) in [6, 6.07) is 0. The molecular weight excluding hydrogens is 150 g/mol. The van der Waals surface area contributed by atoms with Gasteiger partial charge in [0.1, 0.15) is 0 Å². The van der Waals surface area contributed by atoms with Crippen molar-refractivity contribution in [3.8, 4) is 0 Å². The van der Waals surface area contributed by atoms with Crippen molar-refractivity contribution in [3.63, 3.8) is 0 Å². The van der Waals surface area contributed by atoms with Crippen LogP contribution in [0.4, 0.5) is 0 Å². The summed E-state index contributed by atoms with van der Waals surface area (Å²) in [6.45, 7) is 7.77. The fraction of sp³-hybridized carbons (Fsp3) is 1.00. The zero-order valence-corrected chi connectivity index (χ0v) is 8.34. The summed E-state index contributed by atoms with van der Waals surface area (Å²) in [7, 11) is 2.21. The molecule has 2 fully saturated rings. The number of likely N-dealkylation sites (tertiary alicyclic amines) is 1. The third-order valence-corrected chi connectivity index (χ3v) is 3.18. The summed E-state index contributed by atoms with van der Waals surface area (Å²) in [5.74, 6) is 0.946. The van der Waals surface area contributed by atoms with Crippen molar-refractivity contribution in [1.82, 2.24) is 4.90 Å². The van der Waals surface area contributed by atoms with Gasteiger partial charge in [-0.1, -0.05) is 0 Å². The van der Waals surface area contributed by atoms with Crippen LogP contribution < -0.4 is 0 Å². The van der Waals surface area contributed by atoms with Crippen LogP contribution in [-0.4, -0.2) is 37.7 Å². The number of nitrogens with zero attached hydrogens (tertiary/aromatic N) is 1. The average molecular weight is 169 g/mol. The van der Waals surface area contributed by atoms with Crippen LogP contribution >= 0.6 is 0 Å². The van der Waals surface area contributed by atoms with Crippen LogP contribution in [0.1, 0.15) is 20.3 Å². The Kier molecular flexibility index (Phi) is 1.92. The van der Waals surface area contributed by atoms with Crippen molar-refractivity contribution in [2.75, 3.05) is 26.7 Å². The van der Waals surface area contributed by atoms with Crippen molar-refractivity contribution >= 4 is 0 Å². The Bertz CT molecular complexity index is 181. The first-order valence-corrected chi connectivity index (χ1v) is 4.92. The highest BCUT2D eigenvalue weighted by Crippen LogP contribution is 2.57. The first-order valence-electron chi connectivity index (χ1n) is 4.92. The highest BCUT2D eigenvalue weighted by molar-refractivity contribution is 5.09. The van der Waals surface area contributed by atoms with E-state index in [0.717, 1.165) is 12.5 Å². The SMILES string of the molecule is CC(C)OCC12CC1CN(C)C2. The van der Waals surface area contributed by atoms with Gasteiger partial charge in [0.2, 0.25) is 0 Å². The third-order valence-electron chi connectivity index (χ3n) is 3.18. The number of hydrogen-bond donors (Lipinski definition) is 0. The first kappa shape index (κ1) is 8.52. The number of fused-ring (bicyclic) bond motifs is 1.